The maximum atomic E-state index is 9.80. The number of rotatable bonds is 4. The molecule has 16 heavy (non-hydrogen) atoms. The first-order valence-electron chi connectivity index (χ1n) is 6.70. The smallest absolute Gasteiger partial charge is 0.0718 e. The van der Waals surface area contributed by atoms with Gasteiger partial charge in [-0.2, -0.15) is 0 Å². The van der Waals surface area contributed by atoms with Crippen molar-refractivity contribution in [3.63, 3.8) is 0 Å². The van der Waals surface area contributed by atoms with Gasteiger partial charge in [0.1, 0.15) is 0 Å². The molecule has 94 valence electrons. The van der Waals surface area contributed by atoms with Gasteiger partial charge in [0.15, 0.2) is 0 Å². The van der Waals surface area contributed by atoms with Crippen molar-refractivity contribution in [2.24, 2.45) is 5.92 Å². The number of hydrogen-bond acceptors (Lipinski definition) is 3. The van der Waals surface area contributed by atoms with Crippen LogP contribution in [0, 0.1) is 5.92 Å². The van der Waals surface area contributed by atoms with Crippen LogP contribution in [0.25, 0.3) is 0 Å². The molecule has 2 aliphatic heterocycles. The fraction of sp³-hybridized carbons (Fsp3) is 1.00. The lowest BCUT2D eigenvalue weighted by molar-refractivity contribution is 0.0424. The van der Waals surface area contributed by atoms with Gasteiger partial charge < -0.3 is 14.9 Å². The van der Waals surface area contributed by atoms with Gasteiger partial charge in [-0.15, -0.1) is 0 Å². The number of hydrogen-bond donors (Lipinski definition) is 1. The Hall–Kier alpha value is -0.120. The van der Waals surface area contributed by atoms with Crippen molar-refractivity contribution >= 4 is 0 Å². The molecule has 0 spiro atoms. The highest BCUT2D eigenvalue weighted by molar-refractivity contribution is 4.83. The summed E-state index contributed by atoms with van der Waals surface area (Å²) in [6, 6.07) is 0. The molecule has 2 fully saturated rings. The van der Waals surface area contributed by atoms with Gasteiger partial charge in [-0.1, -0.05) is 0 Å². The molecule has 3 nitrogen and oxygen atoms in total. The molecule has 3 heteroatoms. The zero-order valence-corrected chi connectivity index (χ0v) is 10.8. The molecule has 0 aromatic rings. The van der Waals surface area contributed by atoms with Gasteiger partial charge >= 0.3 is 0 Å². The first-order chi connectivity index (χ1) is 7.53. The van der Waals surface area contributed by atoms with Gasteiger partial charge in [0.2, 0.25) is 0 Å². The van der Waals surface area contributed by atoms with E-state index in [2.05, 4.69) is 9.80 Å². The Bertz CT molecular complexity index is 218. The second-order valence-electron chi connectivity index (χ2n) is 6.21. The molecule has 0 aliphatic carbocycles. The number of likely N-dealkylation sites (tertiary alicyclic amines) is 2. The molecule has 0 saturated carbocycles. The van der Waals surface area contributed by atoms with Crippen LogP contribution >= 0.6 is 0 Å². The summed E-state index contributed by atoms with van der Waals surface area (Å²) in [5, 5.41) is 9.80. The van der Waals surface area contributed by atoms with Crippen molar-refractivity contribution < 1.29 is 5.11 Å². The quantitative estimate of drug-likeness (QED) is 0.779. The molecule has 2 rings (SSSR count). The van der Waals surface area contributed by atoms with E-state index < -0.39 is 5.60 Å². The van der Waals surface area contributed by atoms with E-state index in [4.69, 9.17) is 0 Å². The molecule has 1 unspecified atom stereocenters. The van der Waals surface area contributed by atoms with Gasteiger partial charge in [-0.05, 0) is 58.7 Å². The highest BCUT2D eigenvalue weighted by Gasteiger charge is 2.28. The zero-order valence-electron chi connectivity index (χ0n) is 10.8. The summed E-state index contributed by atoms with van der Waals surface area (Å²) in [6.07, 6.45) is 4.09. The maximum Gasteiger partial charge on any atom is 0.0718 e. The molecule has 0 bridgehead atoms. The van der Waals surface area contributed by atoms with E-state index in [0.29, 0.717) is 0 Å². The van der Waals surface area contributed by atoms with Gasteiger partial charge in [0.05, 0.1) is 5.60 Å². The summed E-state index contributed by atoms with van der Waals surface area (Å²) < 4.78 is 0. The molecule has 2 saturated heterocycles. The van der Waals surface area contributed by atoms with E-state index in [0.717, 1.165) is 12.5 Å². The van der Waals surface area contributed by atoms with Crippen molar-refractivity contribution in [2.75, 3.05) is 39.3 Å². The van der Waals surface area contributed by atoms with Crippen molar-refractivity contribution in [3.8, 4) is 0 Å². The third-order valence-electron chi connectivity index (χ3n) is 3.70. The Morgan fingerprint density at radius 2 is 1.81 bits per heavy atom. The first-order valence-corrected chi connectivity index (χ1v) is 6.70. The summed E-state index contributed by atoms with van der Waals surface area (Å²) in [6.45, 7) is 10.9. The van der Waals surface area contributed by atoms with Crippen molar-refractivity contribution in [2.45, 2.75) is 38.7 Å². The van der Waals surface area contributed by atoms with E-state index in [9.17, 15) is 5.11 Å². The molecule has 0 radical (unpaired) electrons. The van der Waals surface area contributed by atoms with Crippen LogP contribution in [0.2, 0.25) is 0 Å². The van der Waals surface area contributed by atoms with E-state index in [1.165, 1.54) is 52.0 Å². The minimum atomic E-state index is -0.539. The molecule has 0 amide bonds. The van der Waals surface area contributed by atoms with Crippen molar-refractivity contribution in [1.82, 2.24) is 9.80 Å². The van der Waals surface area contributed by atoms with Gasteiger partial charge in [-0.3, -0.25) is 0 Å². The van der Waals surface area contributed by atoms with Crippen molar-refractivity contribution in [1.29, 1.82) is 0 Å². The molecular weight excluding hydrogens is 200 g/mol. The lowest BCUT2D eigenvalue weighted by atomic mass is 10.1. The summed E-state index contributed by atoms with van der Waals surface area (Å²) in [5.41, 5.74) is -0.539. The highest BCUT2D eigenvalue weighted by Crippen LogP contribution is 2.21. The van der Waals surface area contributed by atoms with Crippen LogP contribution in [0.4, 0.5) is 0 Å². The van der Waals surface area contributed by atoms with Crippen LogP contribution in [0.3, 0.4) is 0 Å². The number of aliphatic hydroxyl groups is 1. The molecular formula is C13H26N2O. The maximum absolute atomic E-state index is 9.80. The van der Waals surface area contributed by atoms with E-state index in [-0.39, 0.29) is 0 Å². The summed E-state index contributed by atoms with van der Waals surface area (Å²) in [4.78, 5) is 5.03. The summed E-state index contributed by atoms with van der Waals surface area (Å²) in [5.74, 6) is 0.834. The van der Waals surface area contributed by atoms with Gasteiger partial charge in [-0.25, -0.2) is 0 Å². The molecule has 2 heterocycles. The van der Waals surface area contributed by atoms with Crippen LogP contribution in [0.15, 0.2) is 0 Å². The Morgan fingerprint density at radius 1 is 1.12 bits per heavy atom. The van der Waals surface area contributed by atoms with Crippen molar-refractivity contribution in [3.05, 3.63) is 0 Å². The SMILES string of the molecule is CC(C)(O)CN1CCC(CN2CCCC2)C1. The predicted octanol–water partition coefficient (Wildman–Crippen LogP) is 1.17. The molecule has 0 aromatic heterocycles. The standard InChI is InChI=1S/C13H26N2O/c1-13(2,16)11-15-8-5-12(10-15)9-14-6-3-4-7-14/h12,16H,3-11H2,1-2H3. The van der Waals surface area contributed by atoms with E-state index in [1.54, 1.807) is 0 Å². The topological polar surface area (TPSA) is 26.7 Å². The summed E-state index contributed by atoms with van der Waals surface area (Å²) in [7, 11) is 0. The minimum Gasteiger partial charge on any atom is -0.389 e. The van der Waals surface area contributed by atoms with E-state index in [1.807, 2.05) is 13.8 Å². The van der Waals surface area contributed by atoms with Crippen LogP contribution in [-0.4, -0.2) is 59.8 Å². The highest BCUT2D eigenvalue weighted by atomic mass is 16.3. The molecule has 0 aromatic carbocycles. The average Bonchev–Trinajstić information content (AvgIpc) is 2.75. The first kappa shape index (κ1) is 12.3. The van der Waals surface area contributed by atoms with Gasteiger partial charge in [0, 0.05) is 19.6 Å². The second kappa shape index (κ2) is 5.03. The van der Waals surface area contributed by atoms with E-state index >= 15 is 0 Å². The lowest BCUT2D eigenvalue weighted by Gasteiger charge is -2.25. The van der Waals surface area contributed by atoms with Crippen LogP contribution in [-0.2, 0) is 0 Å². The van der Waals surface area contributed by atoms with Gasteiger partial charge in [0.25, 0.3) is 0 Å². The Morgan fingerprint density at radius 3 is 2.44 bits per heavy atom. The molecule has 1 N–H and O–H groups in total. The fourth-order valence-electron chi connectivity index (χ4n) is 3.08. The Labute approximate surface area is 99.4 Å². The predicted molar refractivity (Wildman–Crippen MR) is 66.5 cm³/mol. The Kier molecular flexibility index (Phi) is 3.88. The third-order valence-corrected chi connectivity index (χ3v) is 3.70. The second-order valence-corrected chi connectivity index (χ2v) is 6.21. The zero-order chi connectivity index (χ0) is 11.6. The minimum absolute atomic E-state index is 0.539. The largest absolute Gasteiger partial charge is 0.389 e. The summed E-state index contributed by atoms with van der Waals surface area (Å²) >= 11 is 0. The monoisotopic (exact) mass is 226 g/mol. The lowest BCUT2D eigenvalue weighted by Crippen LogP contribution is -2.38. The van der Waals surface area contributed by atoms with Crippen LogP contribution in [0.5, 0.6) is 0 Å². The number of nitrogens with zero attached hydrogens (tertiary/aromatic N) is 2. The van der Waals surface area contributed by atoms with Crippen LogP contribution < -0.4 is 0 Å². The average molecular weight is 226 g/mol. The molecule has 2 aliphatic rings. The van der Waals surface area contributed by atoms with Crippen LogP contribution in [0.1, 0.15) is 33.1 Å². The fourth-order valence-corrected chi connectivity index (χ4v) is 3.08. The molecule has 1 atom stereocenters. The third kappa shape index (κ3) is 3.72. The number of β-amino-alcohol motifs (C(OH)–C–C–N with tert-alkyl or cyclic N) is 1. The Balaban J connectivity index is 1.70. The normalized spacial score (nSPS) is 29.1.